The summed E-state index contributed by atoms with van der Waals surface area (Å²) < 4.78 is 0. The number of nitrogens with one attached hydrogen (secondary N) is 2. The van der Waals surface area contributed by atoms with Crippen LogP contribution >= 0.6 is 0 Å². The van der Waals surface area contributed by atoms with Crippen molar-refractivity contribution in [2.45, 2.75) is 19.3 Å². The Morgan fingerprint density at radius 2 is 2.21 bits per heavy atom. The molecular formula is C14H16N4O. The lowest BCUT2D eigenvalue weighted by Crippen LogP contribution is -2.29. The Bertz CT molecular complexity index is 617. The van der Waals surface area contributed by atoms with E-state index in [-0.39, 0.29) is 5.91 Å². The number of carbonyl (C=O) groups excluding carboxylic acids is 1. The number of nitrogens with zero attached hydrogens (tertiary/aromatic N) is 2. The Morgan fingerprint density at radius 1 is 1.32 bits per heavy atom. The van der Waals surface area contributed by atoms with Crippen LogP contribution in [0.4, 0.5) is 0 Å². The van der Waals surface area contributed by atoms with E-state index in [4.69, 9.17) is 0 Å². The molecule has 19 heavy (non-hydrogen) atoms. The molecular weight excluding hydrogens is 240 g/mol. The quantitative estimate of drug-likeness (QED) is 0.826. The molecule has 0 bridgehead atoms. The molecule has 1 heterocycles. The van der Waals surface area contributed by atoms with Crippen molar-refractivity contribution in [1.29, 1.82) is 0 Å². The Kier molecular flexibility index (Phi) is 3.27. The highest BCUT2D eigenvalue weighted by atomic mass is 16.1. The van der Waals surface area contributed by atoms with Crippen molar-refractivity contribution in [1.82, 2.24) is 20.7 Å². The van der Waals surface area contributed by atoms with E-state index in [0.29, 0.717) is 17.0 Å². The van der Waals surface area contributed by atoms with Gasteiger partial charge in [0.1, 0.15) is 11.0 Å². The highest BCUT2D eigenvalue weighted by Crippen LogP contribution is 2.17. The second-order valence-corrected chi connectivity index (χ2v) is 4.89. The van der Waals surface area contributed by atoms with Crippen molar-refractivity contribution < 1.29 is 4.79 Å². The molecule has 5 nitrogen and oxygen atoms in total. The van der Waals surface area contributed by atoms with Crippen LogP contribution in [-0.4, -0.2) is 27.9 Å². The minimum Gasteiger partial charge on any atom is -0.352 e. The SMILES string of the molecule is O=C(NC[C@@H]1CC=CCC1)c1ccc2n[nH]nc2c1. The largest absolute Gasteiger partial charge is 0.352 e. The van der Waals surface area contributed by atoms with Gasteiger partial charge in [-0.05, 0) is 43.4 Å². The zero-order chi connectivity index (χ0) is 13.1. The Morgan fingerprint density at radius 3 is 3.05 bits per heavy atom. The third kappa shape index (κ3) is 2.65. The highest BCUT2D eigenvalue weighted by molar-refractivity contribution is 5.97. The molecule has 1 aromatic heterocycles. The van der Waals surface area contributed by atoms with Gasteiger partial charge >= 0.3 is 0 Å². The van der Waals surface area contributed by atoms with Crippen molar-refractivity contribution >= 4 is 16.9 Å². The number of aromatic amines is 1. The maximum Gasteiger partial charge on any atom is 0.251 e. The predicted octanol–water partition coefficient (Wildman–Crippen LogP) is 2.04. The Labute approximate surface area is 111 Å². The van der Waals surface area contributed by atoms with Crippen LogP contribution in [0.15, 0.2) is 30.4 Å². The number of rotatable bonds is 3. The molecule has 1 amide bonds. The minimum absolute atomic E-state index is 0.0422. The van der Waals surface area contributed by atoms with Gasteiger partial charge in [0.15, 0.2) is 0 Å². The average molecular weight is 256 g/mol. The van der Waals surface area contributed by atoms with Gasteiger partial charge < -0.3 is 5.32 Å². The van der Waals surface area contributed by atoms with Crippen molar-refractivity contribution in [2.24, 2.45) is 5.92 Å². The van der Waals surface area contributed by atoms with Crippen LogP contribution in [0.5, 0.6) is 0 Å². The number of allylic oxidation sites excluding steroid dienone is 2. The lowest BCUT2D eigenvalue weighted by Gasteiger charge is -2.18. The van der Waals surface area contributed by atoms with E-state index in [0.717, 1.165) is 31.3 Å². The van der Waals surface area contributed by atoms with Crippen molar-refractivity contribution in [2.75, 3.05) is 6.54 Å². The fraction of sp³-hybridized carbons (Fsp3) is 0.357. The maximum atomic E-state index is 12.1. The molecule has 0 aliphatic heterocycles. The smallest absolute Gasteiger partial charge is 0.251 e. The predicted molar refractivity (Wildman–Crippen MR) is 72.7 cm³/mol. The van der Waals surface area contributed by atoms with Crippen LogP contribution in [0.1, 0.15) is 29.6 Å². The van der Waals surface area contributed by atoms with Crippen LogP contribution in [0, 0.1) is 5.92 Å². The summed E-state index contributed by atoms with van der Waals surface area (Å²) in [6.07, 6.45) is 7.73. The first kappa shape index (κ1) is 11.9. The molecule has 3 rings (SSSR count). The summed E-state index contributed by atoms with van der Waals surface area (Å²) in [5, 5.41) is 13.5. The van der Waals surface area contributed by atoms with Gasteiger partial charge in [-0.1, -0.05) is 12.2 Å². The van der Waals surface area contributed by atoms with Gasteiger partial charge in [-0.3, -0.25) is 4.79 Å². The number of hydrogen-bond acceptors (Lipinski definition) is 3. The third-order valence-corrected chi connectivity index (χ3v) is 3.51. The van der Waals surface area contributed by atoms with Gasteiger partial charge in [0.25, 0.3) is 5.91 Å². The molecule has 1 aliphatic rings. The molecule has 0 saturated heterocycles. The van der Waals surface area contributed by atoms with E-state index in [2.05, 4.69) is 32.9 Å². The number of carbonyl (C=O) groups is 1. The van der Waals surface area contributed by atoms with Gasteiger partial charge in [-0.25, -0.2) is 0 Å². The summed E-state index contributed by atoms with van der Waals surface area (Å²) in [6, 6.07) is 5.34. The summed E-state index contributed by atoms with van der Waals surface area (Å²) >= 11 is 0. The van der Waals surface area contributed by atoms with Crippen molar-refractivity contribution in [3.05, 3.63) is 35.9 Å². The zero-order valence-electron chi connectivity index (χ0n) is 10.6. The van der Waals surface area contributed by atoms with Crippen LogP contribution in [-0.2, 0) is 0 Å². The molecule has 0 unspecified atom stereocenters. The number of hydrogen-bond donors (Lipinski definition) is 2. The normalized spacial score (nSPS) is 18.6. The highest BCUT2D eigenvalue weighted by Gasteiger charge is 2.13. The lowest BCUT2D eigenvalue weighted by molar-refractivity contribution is 0.0946. The molecule has 0 fully saturated rings. The first-order valence-electron chi connectivity index (χ1n) is 6.56. The summed E-state index contributed by atoms with van der Waals surface area (Å²) in [7, 11) is 0. The molecule has 2 N–H and O–H groups in total. The molecule has 0 spiro atoms. The first-order valence-corrected chi connectivity index (χ1v) is 6.56. The monoisotopic (exact) mass is 256 g/mol. The first-order chi connectivity index (χ1) is 9.33. The number of fused-ring (bicyclic) bond motifs is 1. The molecule has 98 valence electrons. The molecule has 1 aromatic carbocycles. The van der Waals surface area contributed by atoms with Crippen molar-refractivity contribution in [3.8, 4) is 0 Å². The zero-order valence-corrected chi connectivity index (χ0v) is 10.6. The van der Waals surface area contributed by atoms with E-state index in [1.807, 2.05) is 0 Å². The Hall–Kier alpha value is -2.17. The lowest BCUT2D eigenvalue weighted by atomic mass is 9.94. The fourth-order valence-corrected chi connectivity index (χ4v) is 2.36. The van der Waals surface area contributed by atoms with Crippen LogP contribution in [0.2, 0.25) is 0 Å². The summed E-state index contributed by atoms with van der Waals surface area (Å²) in [6.45, 7) is 0.736. The van der Waals surface area contributed by atoms with E-state index in [9.17, 15) is 4.79 Å². The summed E-state index contributed by atoms with van der Waals surface area (Å²) in [5.41, 5.74) is 2.12. The fourth-order valence-electron chi connectivity index (χ4n) is 2.36. The van der Waals surface area contributed by atoms with Gasteiger partial charge in [-0.15, -0.1) is 0 Å². The second kappa shape index (κ2) is 5.22. The average Bonchev–Trinajstić information content (AvgIpc) is 2.93. The van der Waals surface area contributed by atoms with E-state index >= 15 is 0 Å². The molecule has 1 aliphatic carbocycles. The van der Waals surface area contributed by atoms with Gasteiger partial charge in [0.05, 0.1) is 0 Å². The van der Waals surface area contributed by atoms with Gasteiger partial charge in [0.2, 0.25) is 0 Å². The topological polar surface area (TPSA) is 70.7 Å². The van der Waals surface area contributed by atoms with E-state index in [1.165, 1.54) is 0 Å². The molecule has 2 aromatic rings. The number of H-pyrrole nitrogens is 1. The molecule has 0 radical (unpaired) electrons. The van der Waals surface area contributed by atoms with E-state index < -0.39 is 0 Å². The number of aromatic nitrogens is 3. The molecule has 5 heteroatoms. The number of amides is 1. The van der Waals surface area contributed by atoms with Gasteiger partial charge in [-0.2, -0.15) is 15.4 Å². The standard InChI is InChI=1S/C14H16N4O/c19-14(15-9-10-4-2-1-3-5-10)11-6-7-12-13(8-11)17-18-16-12/h1-2,6-8,10H,3-5,9H2,(H,15,19)(H,16,17,18)/t10-/m1/s1. The summed E-state index contributed by atoms with van der Waals surface area (Å²) in [4.78, 5) is 12.1. The third-order valence-electron chi connectivity index (χ3n) is 3.51. The van der Waals surface area contributed by atoms with Crippen LogP contribution in [0.25, 0.3) is 11.0 Å². The summed E-state index contributed by atoms with van der Waals surface area (Å²) in [5.74, 6) is 0.518. The second-order valence-electron chi connectivity index (χ2n) is 4.89. The van der Waals surface area contributed by atoms with E-state index in [1.54, 1.807) is 18.2 Å². The Balaban J connectivity index is 1.64. The maximum absolute atomic E-state index is 12.1. The van der Waals surface area contributed by atoms with Gasteiger partial charge in [0, 0.05) is 12.1 Å². The number of benzene rings is 1. The van der Waals surface area contributed by atoms with Crippen molar-refractivity contribution in [3.63, 3.8) is 0 Å². The van der Waals surface area contributed by atoms with Crippen LogP contribution in [0.3, 0.4) is 0 Å². The molecule has 1 atom stereocenters. The van der Waals surface area contributed by atoms with Crippen LogP contribution < -0.4 is 5.32 Å². The minimum atomic E-state index is -0.0422. The molecule has 0 saturated carbocycles.